The average molecular weight is 412 g/mol. The molecule has 0 amide bonds. The molecule has 2 atom stereocenters. The Kier molecular flexibility index (Phi) is 7.08. The number of carbonyl (C=O) groups is 1. The second-order valence-electron chi connectivity index (χ2n) is 5.06. The molecule has 0 spiro atoms. The summed E-state index contributed by atoms with van der Waals surface area (Å²) in [4.78, 5) is 11.9. The van der Waals surface area contributed by atoms with Crippen LogP contribution in [0, 0.1) is 11.3 Å². The number of hydrogen-bond acceptors (Lipinski definition) is 8. The summed E-state index contributed by atoms with van der Waals surface area (Å²) in [5, 5.41) is 12.2. The zero-order valence-corrected chi connectivity index (χ0v) is 15.4. The lowest BCUT2D eigenvalue weighted by Crippen LogP contribution is -2.39. The summed E-state index contributed by atoms with van der Waals surface area (Å²) in [6, 6.07) is 9.41. The lowest BCUT2D eigenvalue weighted by molar-refractivity contribution is -0.112. The molecule has 1 aromatic carbocycles. The van der Waals surface area contributed by atoms with Crippen molar-refractivity contribution in [3.05, 3.63) is 40.0 Å². The Morgan fingerprint density at radius 1 is 1.42 bits per heavy atom. The molecule has 1 aliphatic rings. The zero-order valence-electron chi connectivity index (χ0n) is 13.0. The van der Waals surface area contributed by atoms with Crippen LogP contribution in [-0.2, 0) is 4.79 Å². The van der Waals surface area contributed by atoms with Crippen molar-refractivity contribution in [2.24, 2.45) is 5.73 Å². The summed E-state index contributed by atoms with van der Waals surface area (Å²) < 4.78 is 6.67. The van der Waals surface area contributed by atoms with Gasteiger partial charge in [-0.25, -0.2) is 10.9 Å². The molecule has 128 valence electrons. The number of nitrogens with two attached hydrogens (primary N) is 1. The normalized spacial score (nSPS) is 21.0. The van der Waals surface area contributed by atoms with Crippen LogP contribution < -0.4 is 26.6 Å². The van der Waals surface area contributed by atoms with Crippen LogP contribution in [0.4, 0.5) is 0 Å². The third kappa shape index (κ3) is 5.51. The van der Waals surface area contributed by atoms with E-state index in [2.05, 4.69) is 32.1 Å². The largest absolute Gasteiger partial charge is 0.491 e. The third-order valence-electron chi connectivity index (χ3n) is 3.14. The minimum absolute atomic E-state index is 0.0172. The molecular formula is C15H18BrN5O2S. The highest BCUT2D eigenvalue weighted by atomic mass is 79.9. The van der Waals surface area contributed by atoms with E-state index in [-0.39, 0.29) is 34.5 Å². The van der Waals surface area contributed by atoms with E-state index in [4.69, 9.17) is 15.7 Å². The highest BCUT2D eigenvalue weighted by molar-refractivity contribution is 9.10. The number of hydrogen-bond donors (Lipinski definition) is 4. The molecule has 0 saturated carbocycles. The summed E-state index contributed by atoms with van der Waals surface area (Å²) in [7, 11) is 0. The standard InChI is InChI=1S/C15H18BrN5O2S/c1-9(18)12(6-17)13(22)8-24-15-19-14(20-21-15)7-23-11-4-2-10(16)3-5-11/h2-5,14-15,19-21H,7-8,18H2,1H3/b12-9+. The Labute approximate surface area is 153 Å². The molecule has 9 heteroatoms. The Hall–Kier alpha value is -1.57. The molecule has 0 aromatic heterocycles. The van der Waals surface area contributed by atoms with Gasteiger partial charge in [-0.1, -0.05) is 15.9 Å². The van der Waals surface area contributed by atoms with Crippen molar-refractivity contribution in [1.29, 1.82) is 5.26 Å². The molecule has 0 aliphatic carbocycles. The maximum atomic E-state index is 11.9. The van der Waals surface area contributed by atoms with E-state index < -0.39 is 0 Å². The number of allylic oxidation sites excluding steroid dienone is 2. The van der Waals surface area contributed by atoms with Crippen molar-refractivity contribution < 1.29 is 9.53 Å². The number of nitrogens with one attached hydrogen (secondary N) is 3. The van der Waals surface area contributed by atoms with Gasteiger partial charge in [0.2, 0.25) is 0 Å². The fraction of sp³-hybridized carbons (Fsp3) is 0.333. The number of halogens is 1. The predicted molar refractivity (Wildman–Crippen MR) is 96.6 cm³/mol. The van der Waals surface area contributed by atoms with Crippen LogP contribution in [0.2, 0.25) is 0 Å². The van der Waals surface area contributed by atoms with Crippen molar-refractivity contribution in [1.82, 2.24) is 16.2 Å². The molecule has 24 heavy (non-hydrogen) atoms. The molecule has 7 nitrogen and oxygen atoms in total. The molecule has 5 N–H and O–H groups in total. The van der Waals surface area contributed by atoms with Crippen molar-refractivity contribution >= 4 is 33.5 Å². The van der Waals surface area contributed by atoms with E-state index in [1.165, 1.54) is 11.8 Å². The molecule has 1 saturated heterocycles. The van der Waals surface area contributed by atoms with Gasteiger partial charge >= 0.3 is 0 Å². The van der Waals surface area contributed by atoms with E-state index in [0.29, 0.717) is 6.61 Å². The molecule has 1 aromatic rings. The van der Waals surface area contributed by atoms with Gasteiger partial charge in [-0.2, -0.15) is 5.26 Å². The Bertz CT molecular complexity index is 655. The van der Waals surface area contributed by atoms with E-state index in [0.717, 1.165) is 10.2 Å². The van der Waals surface area contributed by atoms with Crippen molar-refractivity contribution in [3.63, 3.8) is 0 Å². The van der Waals surface area contributed by atoms with Crippen LogP contribution >= 0.6 is 27.7 Å². The minimum Gasteiger partial charge on any atom is -0.491 e. The van der Waals surface area contributed by atoms with Gasteiger partial charge in [-0.3, -0.25) is 10.1 Å². The van der Waals surface area contributed by atoms with Gasteiger partial charge in [0, 0.05) is 10.2 Å². The first-order chi connectivity index (χ1) is 11.5. The van der Waals surface area contributed by atoms with Gasteiger partial charge < -0.3 is 10.5 Å². The topological polar surface area (TPSA) is 112 Å². The van der Waals surface area contributed by atoms with E-state index in [1.807, 2.05) is 30.3 Å². The van der Waals surface area contributed by atoms with Crippen LogP contribution in [0.1, 0.15) is 6.92 Å². The summed E-state index contributed by atoms with van der Waals surface area (Å²) in [5.41, 5.74) is 11.7. The number of rotatable bonds is 7. The minimum atomic E-state index is -0.277. The molecule has 1 fully saturated rings. The van der Waals surface area contributed by atoms with Gasteiger partial charge in [0.1, 0.15) is 35.7 Å². The summed E-state index contributed by atoms with van der Waals surface area (Å²) >= 11 is 4.72. The lowest BCUT2D eigenvalue weighted by atomic mass is 10.2. The number of thioether (sulfide) groups is 1. The lowest BCUT2D eigenvalue weighted by Gasteiger charge is -2.13. The van der Waals surface area contributed by atoms with Crippen molar-refractivity contribution in [2.75, 3.05) is 12.4 Å². The second kappa shape index (κ2) is 9.05. The highest BCUT2D eigenvalue weighted by Crippen LogP contribution is 2.17. The van der Waals surface area contributed by atoms with Gasteiger partial charge in [0.15, 0.2) is 5.78 Å². The molecular weight excluding hydrogens is 394 g/mol. The predicted octanol–water partition coefficient (Wildman–Crippen LogP) is 1.19. The molecule has 2 unspecified atom stereocenters. The number of nitriles is 1. The first-order valence-corrected chi connectivity index (χ1v) is 9.00. The number of Topliss-reactive ketones (excluding diaryl/α,β-unsaturated/α-hetero) is 1. The maximum absolute atomic E-state index is 11.9. The molecule has 0 bridgehead atoms. The van der Waals surface area contributed by atoms with Crippen LogP contribution in [0.25, 0.3) is 0 Å². The SMILES string of the molecule is C/C(N)=C(/C#N)C(=O)CSC1NNC(COc2ccc(Br)cc2)N1. The zero-order chi connectivity index (χ0) is 17.5. The smallest absolute Gasteiger partial charge is 0.185 e. The number of hydrazine groups is 1. The summed E-state index contributed by atoms with van der Waals surface area (Å²) in [5.74, 6) is 0.653. The monoisotopic (exact) mass is 411 g/mol. The van der Waals surface area contributed by atoms with Crippen molar-refractivity contribution in [3.8, 4) is 11.8 Å². The Morgan fingerprint density at radius 3 is 2.75 bits per heavy atom. The number of benzene rings is 1. The van der Waals surface area contributed by atoms with E-state index in [1.54, 1.807) is 6.92 Å². The molecule has 1 heterocycles. The van der Waals surface area contributed by atoms with Crippen molar-refractivity contribution in [2.45, 2.75) is 18.6 Å². The fourth-order valence-corrected chi connectivity index (χ4v) is 3.07. The Balaban J connectivity index is 1.73. The van der Waals surface area contributed by atoms with Crippen LogP contribution in [0.3, 0.4) is 0 Å². The number of ketones is 1. The quantitative estimate of drug-likeness (QED) is 0.391. The van der Waals surface area contributed by atoms with Gasteiger partial charge in [-0.15, -0.1) is 11.8 Å². The molecule has 1 aliphatic heterocycles. The fourth-order valence-electron chi connectivity index (χ4n) is 1.93. The van der Waals surface area contributed by atoms with Crippen LogP contribution in [0.15, 0.2) is 40.0 Å². The van der Waals surface area contributed by atoms with E-state index >= 15 is 0 Å². The van der Waals surface area contributed by atoms with Gasteiger partial charge in [-0.05, 0) is 31.2 Å². The van der Waals surface area contributed by atoms with E-state index in [9.17, 15) is 4.79 Å². The molecule has 0 radical (unpaired) electrons. The maximum Gasteiger partial charge on any atom is 0.185 e. The average Bonchev–Trinajstić information content (AvgIpc) is 3.00. The number of ether oxygens (including phenoxy) is 1. The first kappa shape index (κ1) is 18.8. The number of carbonyl (C=O) groups excluding carboxylic acids is 1. The Morgan fingerprint density at radius 2 is 2.12 bits per heavy atom. The first-order valence-electron chi connectivity index (χ1n) is 7.16. The summed E-state index contributed by atoms with van der Waals surface area (Å²) in [6.45, 7) is 1.97. The van der Waals surface area contributed by atoms with Crippen LogP contribution in [0.5, 0.6) is 5.75 Å². The van der Waals surface area contributed by atoms with Crippen LogP contribution in [-0.4, -0.2) is 29.8 Å². The second-order valence-corrected chi connectivity index (χ2v) is 7.07. The third-order valence-corrected chi connectivity index (χ3v) is 4.68. The summed E-state index contributed by atoms with van der Waals surface area (Å²) in [6.07, 6.45) is -0.0940. The highest BCUT2D eigenvalue weighted by Gasteiger charge is 2.24. The number of nitrogens with zero attached hydrogens (tertiary/aromatic N) is 1. The van der Waals surface area contributed by atoms with Gasteiger partial charge in [0.05, 0.1) is 5.75 Å². The van der Waals surface area contributed by atoms with Gasteiger partial charge in [0.25, 0.3) is 0 Å². The molecule has 2 rings (SSSR count).